The molecule has 1 aromatic rings. The highest BCUT2D eigenvalue weighted by Gasteiger charge is 2.29. The SMILES string of the molecule is CC1CNCC1C(=O)NCc1nn[nH]n1. The molecule has 82 valence electrons. The second-order valence-electron chi connectivity index (χ2n) is 3.79. The lowest BCUT2D eigenvalue weighted by molar-refractivity contribution is -0.125. The molecule has 2 rings (SSSR count). The Bertz CT molecular complexity index is 324. The molecule has 15 heavy (non-hydrogen) atoms. The van der Waals surface area contributed by atoms with Crippen LogP contribution in [0, 0.1) is 11.8 Å². The quantitative estimate of drug-likeness (QED) is 0.574. The number of carbonyl (C=O) groups excluding carboxylic acids is 1. The fraction of sp³-hybridized carbons (Fsp3) is 0.750. The molecule has 1 aliphatic rings. The first-order valence-corrected chi connectivity index (χ1v) is 4.98. The average molecular weight is 210 g/mol. The van der Waals surface area contributed by atoms with E-state index in [0.29, 0.717) is 18.3 Å². The van der Waals surface area contributed by atoms with Gasteiger partial charge in [-0.1, -0.05) is 12.1 Å². The molecule has 0 bridgehead atoms. The van der Waals surface area contributed by atoms with E-state index in [2.05, 4.69) is 38.2 Å². The van der Waals surface area contributed by atoms with Crippen molar-refractivity contribution in [2.45, 2.75) is 13.5 Å². The van der Waals surface area contributed by atoms with Crippen molar-refractivity contribution in [2.75, 3.05) is 13.1 Å². The highest BCUT2D eigenvalue weighted by atomic mass is 16.1. The predicted octanol–water partition coefficient (Wildman–Crippen LogP) is -1.33. The van der Waals surface area contributed by atoms with Gasteiger partial charge in [0.15, 0.2) is 5.82 Å². The number of carbonyl (C=O) groups is 1. The second kappa shape index (κ2) is 4.35. The van der Waals surface area contributed by atoms with Crippen LogP contribution in [0.5, 0.6) is 0 Å². The fourth-order valence-corrected chi connectivity index (χ4v) is 1.72. The lowest BCUT2D eigenvalue weighted by Gasteiger charge is -2.12. The van der Waals surface area contributed by atoms with Crippen molar-refractivity contribution >= 4 is 5.91 Å². The molecule has 1 aliphatic heterocycles. The number of nitrogens with zero attached hydrogens (tertiary/aromatic N) is 3. The van der Waals surface area contributed by atoms with Gasteiger partial charge in [-0.2, -0.15) is 5.21 Å². The summed E-state index contributed by atoms with van der Waals surface area (Å²) in [7, 11) is 0. The molecule has 7 heteroatoms. The van der Waals surface area contributed by atoms with Gasteiger partial charge in [0.25, 0.3) is 0 Å². The number of aromatic amines is 1. The number of H-pyrrole nitrogens is 1. The lowest BCUT2D eigenvalue weighted by Crippen LogP contribution is -2.34. The van der Waals surface area contributed by atoms with E-state index in [1.807, 2.05) is 0 Å². The van der Waals surface area contributed by atoms with Crippen molar-refractivity contribution < 1.29 is 4.79 Å². The monoisotopic (exact) mass is 210 g/mol. The molecule has 7 nitrogen and oxygen atoms in total. The van der Waals surface area contributed by atoms with Gasteiger partial charge in [-0.05, 0) is 12.5 Å². The van der Waals surface area contributed by atoms with Crippen LogP contribution in [0.1, 0.15) is 12.7 Å². The van der Waals surface area contributed by atoms with Crippen molar-refractivity contribution in [3.05, 3.63) is 5.82 Å². The van der Waals surface area contributed by atoms with Crippen LogP contribution in [0.4, 0.5) is 0 Å². The summed E-state index contributed by atoms with van der Waals surface area (Å²) in [5.41, 5.74) is 0. The minimum atomic E-state index is 0.0527. The topological polar surface area (TPSA) is 95.6 Å². The largest absolute Gasteiger partial charge is 0.348 e. The summed E-state index contributed by atoms with van der Waals surface area (Å²) in [6.07, 6.45) is 0. The van der Waals surface area contributed by atoms with Crippen LogP contribution in [0.25, 0.3) is 0 Å². The Kier molecular flexibility index (Phi) is 2.91. The third kappa shape index (κ3) is 2.30. The maximum atomic E-state index is 11.7. The van der Waals surface area contributed by atoms with Crippen LogP contribution in [-0.2, 0) is 11.3 Å². The number of hydrogen-bond donors (Lipinski definition) is 3. The number of amides is 1. The average Bonchev–Trinajstić information content (AvgIpc) is 2.84. The molecule has 1 fully saturated rings. The second-order valence-corrected chi connectivity index (χ2v) is 3.79. The zero-order chi connectivity index (χ0) is 10.7. The van der Waals surface area contributed by atoms with Gasteiger partial charge in [-0.15, -0.1) is 10.2 Å². The van der Waals surface area contributed by atoms with E-state index in [1.54, 1.807) is 0 Å². The molecule has 2 unspecified atom stereocenters. The minimum Gasteiger partial charge on any atom is -0.348 e. The van der Waals surface area contributed by atoms with Gasteiger partial charge in [0.1, 0.15) is 0 Å². The minimum absolute atomic E-state index is 0.0527. The summed E-state index contributed by atoms with van der Waals surface area (Å²) in [6.45, 7) is 4.05. The molecule has 0 aliphatic carbocycles. The molecule has 0 radical (unpaired) electrons. The van der Waals surface area contributed by atoms with E-state index >= 15 is 0 Å². The Morgan fingerprint density at radius 2 is 2.47 bits per heavy atom. The maximum absolute atomic E-state index is 11.7. The van der Waals surface area contributed by atoms with Gasteiger partial charge < -0.3 is 10.6 Å². The van der Waals surface area contributed by atoms with Gasteiger partial charge in [0.2, 0.25) is 5.91 Å². The van der Waals surface area contributed by atoms with E-state index in [0.717, 1.165) is 13.1 Å². The van der Waals surface area contributed by atoms with E-state index in [4.69, 9.17) is 0 Å². The Morgan fingerprint density at radius 3 is 3.07 bits per heavy atom. The van der Waals surface area contributed by atoms with Gasteiger partial charge in [-0.3, -0.25) is 4.79 Å². The number of hydrogen-bond acceptors (Lipinski definition) is 5. The Morgan fingerprint density at radius 1 is 1.60 bits per heavy atom. The molecule has 0 spiro atoms. The summed E-state index contributed by atoms with van der Waals surface area (Å²) in [5.74, 6) is 0.992. The highest BCUT2D eigenvalue weighted by molar-refractivity contribution is 5.79. The molecule has 0 saturated carbocycles. The maximum Gasteiger partial charge on any atom is 0.225 e. The molecule has 0 aromatic carbocycles. The summed E-state index contributed by atoms with van der Waals surface area (Å²) in [5, 5.41) is 19.2. The van der Waals surface area contributed by atoms with E-state index in [1.165, 1.54) is 0 Å². The van der Waals surface area contributed by atoms with Gasteiger partial charge in [-0.25, -0.2) is 0 Å². The van der Waals surface area contributed by atoms with E-state index < -0.39 is 0 Å². The molecule has 1 aromatic heterocycles. The summed E-state index contributed by atoms with van der Waals surface area (Å²) < 4.78 is 0. The molecule has 2 heterocycles. The molecule has 1 saturated heterocycles. The van der Waals surface area contributed by atoms with Crippen LogP contribution < -0.4 is 10.6 Å². The van der Waals surface area contributed by atoms with Crippen LogP contribution in [0.15, 0.2) is 0 Å². The lowest BCUT2D eigenvalue weighted by atomic mass is 9.97. The van der Waals surface area contributed by atoms with Crippen molar-refractivity contribution in [1.29, 1.82) is 0 Å². The van der Waals surface area contributed by atoms with Crippen molar-refractivity contribution in [2.24, 2.45) is 11.8 Å². The normalized spacial score (nSPS) is 25.4. The highest BCUT2D eigenvalue weighted by Crippen LogP contribution is 2.15. The Balaban J connectivity index is 1.82. The Labute approximate surface area is 87.0 Å². The molecular weight excluding hydrogens is 196 g/mol. The number of tetrazole rings is 1. The third-order valence-corrected chi connectivity index (χ3v) is 2.66. The number of aromatic nitrogens is 4. The molecule has 3 N–H and O–H groups in total. The first-order valence-electron chi connectivity index (χ1n) is 4.98. The first-order chi connectivity index (χ1) is 7.27. The van der Waals surface area contributed by atoms with E-state index in [-0.39, 0.29) is 11.8 Å². The van der Waals surface area contributed by atoms with Crippen molar-refractivity contribution in [1.82, 2.24) is 31.3 Å². The first kappa shape index (κ1) is 10.0. The third-order valence-electron chi connectivity index (χ3n) is 2.66. The number of nitrogens with one attached hydrogen (secondary N) is 3. The van der Waals surface area contributed by atoms with Crippen LogP contribution >= 0.6 is 0 Å². The number of rotatable bonds is 3. The predicted molar refractivity (Wildman–Crippen MR) is 51.5 cm³/mol. The molecule has 1 amide bonds. The van der Waals surface area contributed by atoms with Gasteiger partial charge in [0, 0.05) is 6.54 Å². The summed E-state index contributed by atoms with van der Waals surface area (Å²) in [6, 6.07) is 0. The summed E-state index contributed by atoms with van der Waals surface area (Å²) in [4.78, 5) is 11.7. The zero-order valence-electron chi connectivity index (χ0n) is 8.53. The van der Waals surface area contributed by atoms with Crippen molar-refractivity contribution in [3.8, 4) is 0 Å². The van der Waals surface area contributed by atoms with Gasteiger partial charge >= 0.3 is 0 Å². The van der Waals surface area contributed by atoms with Gasteiger partial charge in [0.05, 0.1) is 12.5 Å². The van der Waals surface area contributed by atoms with Crippen LogP contribution in [0.3, 0.4) is 0 Å². The smallest absolute Gasteiger partial charge is 0.225 e. The molecule has 2 atom stereocenters. The molecular formula is C8H14N6O. The van der Waals surface area contributed by atoms with Crippen molar-refractivity contribution in [3.63, 3.8) is 0 Å². The van der Waals surface area contributed by atoms with Crippen LogP contribution in [-0.4, -0.2) is 39.6 Å². The van der Waals surface area contributed by atoms with E-state index in [9.17, 15) is 4.79 Å². The zero-order valence-corrected chi connectivity index (χ0v) is 8.53. The summed E-state index contributed by atoms with van der Waals surface area (Å²) >= 11 is 0. The van der Waals surface area contributed by atoms with Crippen LogP contribution in [0.2, 0.25) is 0 Å². The Hall–Kier alpha value is -1.50. The standard InChI is InChI=1S/C8H14N6O/c1-5-2-9-3-6(5)8(15)10-4-7-11-13-14-12-7/h5-6,9H,2-4H2,1H3,(H,10,15)(H,11,12,13,14). The fourth-order valence-electron chi connectivity index (χ4n) is 1.72.